The van der Waals surface area contributed by atoms with Crippen LogP contribution in [-0.2, 0) is 11.3 Å². The summed E-state index contributed by atoms with van der Waals surface area (Å²) >= 11 is 0. The fourth-order valence-electron chi connectivity index (χ4n) is 4.32. The lowest BCUT2D eigenvalue weighted by Crippen LogP contribution is -2.45. The van der Waals surface area contributed by atoms with Gasteiger partial charge in [-0.2, -0.15) is 0 Å². The van der Waals surface area contributed by atoms with Gasteiger partial charge in [0.2, 0.25) is 5.91 Å². The van der Waals surface area contributed by atoms with E-state index in [2.05, 4.69) is 53.8 Å². The minimum Gasteiger partial charge on any atom is -0.342 e. The largest absolute Gasteiger partial charge is 0.342 e. The van der Waals surface area contributed by atoms with Crippen LogP contribution in [0.2, 0.25) is 0 Å². The standard InChI is InChI=1S/C20H31N3O/c1-16(2)12-19(24)23-11-9-20(15-23)8-5-10-22(14-20)13-18-7-4-6-17(3)21-18/h4,6-7,16H,5,8-15H2,1-3H3/t20-/m0/s1. The molecule has 0 saturated carbocycles. The van der Waals surface area contributed by atoms with Gasteiger partial charge in [0, 0.05) is 43.7 Å². The molecule has 24 heavy (non-hydrogen) atoms. The summed E-state index contributed by atoms with van der Waals surface area (Å²) < 4.78 is 0. The van der Waals surface area contributed by atoms with Crippen molar-refractivity contribution in [2.75, 3.05) is 26.2 Å². The zero-order valence-electron chi connectivity index (χ0n) is 15.4. The molecule has 0 aromatic carbocycles. The Bertz CT molecular complexity index is 586. The van der Waals surface area contributed by atoms with Crippen molar-refractivity contribution in [1.82, 2.24) is 14.8 Å². The number of hydrogen-bond acceptors (Lipinski definition) is 3. The van der Waals surface area contributed by atoms with Gasteiger partial charge in [0.1, 0.15) is 0 Å². The third-order valence-corrected chi connectivity index (χ3v) is 5.45. The summed E-state index contributed by atoms with van der Waals surface area (Å²) in [5.41, 5.74) is 2.57. The van der Waals surface area contributed by atoms with E-state index in [-0.39, 0.29) is 0 Å². The smallest absolute Gasteiger partial charge is 0.222 e. The van der Waals surface area contributed by atoms with Crippen molar-refractivity contribution >= 4 is 5.91 Å². The number of pyridine rings is 1. The lowest BCUT2D eigenvalue weighted by molar-refractivity contribution is -0.131. The Morgan fingerprint density at radius 1 is 1.25 bits per heavy atom. The summed E-state index contributed by atoms with van der Waals surface area (Å²) in [7, 11) is 0. The minimum absolute atomic E-state index is 0.314. The third-order valence-electron chi connectivity index (χ3n) is 5.45. The predicted molar refractivity (Wildman–Crippen MR) is 96.6 cm³/mol. The molecule has 0 radical (unpaired) electrons. The maximum absolute atomic E-state index is 12.4. The van der Waals surface area contributed by atoms with Gasteiger partial charge in [0.05, 0.1) is 5.69 Å². The first kappa shape index (κ1) is 17.4. The molecule has 1 amide bonds. The number of aryl methyl sites for hydroxylation is 1. The van der Waals surface area contributed by atoms with Crippen molar-refractivity contribution in [1.29, 1.82) is 0 Å². The van der Waals surface area contributed by atoms with Crippen LogP contribution < -0.4 is 0 Å². The van der Waals surface area contributed by atoms with Gasteiger partial charge in [0.15, 0.2) is 0 Å². The second kappa shape index (κ2) is 7.22. The zero-order chi connectivity index (χ0) is 17.2. The molecule has 2 fully saturated rings. The van der Waals surface area contributed by atoms with Crippen LogP contribution in [-0.4, -0.2) is 46.9 Å². The van der Waals surface area contributed by atoms with Crippen LogP contribution >= 0.6 is 0 Å². The summed E-state index contributed by atoms with van der Waals surface area (Å²) in [6.07, 6.45) is 4.34. The van der Waals surface area contributed by atoms with E-state index in [0.29, 0.717) is 23.7 Å². The number of likely N-dealkylation sites (tertiary alicyclic amines) is 2. The molecular formula is C20H31N3O. The molecule has 1 aromatic heterocycles. The van der Waals surface area contributed by atoms with Gasteiger partial charge in [0.25, 0.3) is 0 Å². The second-order valence-corrected chi connectivity index (χ2v) is 8.25. The van der Waals surface area contributed by atoms with Crippen LogP contribution in [0.4, 0.5) is 0 Å². The third kappa shape index (κ3) is 4.15. The summed E-state index contributed by atoms with van der Waals surface area (Å²) in [5.74, 6) is 0.795. The Morgan fingerprint density at radius 2 is 2.08 bits per heavy atom. The topological polar surface area (TPSA) is 36.4 Å². The van der Waals surface area contributed by atoms with Gasteiger partial charge >= 0.3 is 0 Å². The van der Waals surface area contributed by atoms with Crippen molar-refractivity contribution in [3.8, 4) is 0 Å². The molecule has 2 aliphatic heterocycles. The van der Waals surface area contributed by atoms with Gasteiger partial charge < -0.3 is 4.90 Å². The number of aromatic nitrogens is 1. The van der Waals surface area contributed by atoms with E-state index in [1.165, 1.54) is 12.8 Å². The number of nitrogens with zero attached hydrogens (tertiary/aromatic N) is 3. The molecular weight excluding hydrogens is 298 g/mol. The lowest BCUT2D eigenvalue weighted by atomic mass is 9.79. The maximum atomic E-state index is 12.4. The molecule has 4 heteroatoms. The highest BCUT2D eigenvalue weighted by Gasteiger charge is 2.42. The molecule has 0 bridgehead atoms. The Hall–Kier alpha value is -1.42. The molecule has 1 aromatic rings. The number of carbonyl (C=O) groups excluding carboxylic acids is 1. The molecule has 3 heterocycles. The molecule has 4 nitrogen and oxygen atoms in total. The van der Waals surface area contributed by atoms with Crippen LogP contribution in [0.15, 0.2) is 18.2 Å². The van der Waals surface area contributed by atoms with Gasteiger partial charge in [-0.15, -0.1) is 0 Å². The van der Waals surface area contributed by atoms with Crippen molar-refractivity contribution < 1.29 is 4.79 Å². The Labute approximate surface area is 146 Å². The molecule has 0 unspecified atom stereocenters. The van der Waals surface area contributed by atoms with Crippen LogP contribution in [0.3, 0.4) is 0 Å². The van der Waals surface area contributed by atoms with E-state index in [9.17, 15) is 4.79 Å². The van der Waals surface area contributed by atoms with Gasteiger partial charge in [-0.1, -0.05) is 19.9 Å². The number of hydrogen-bond donors (Lipinski definition) is 0. The highest BCUT2D eigenvalue weighted by atomic mass is 16.2. The van der Waals surface area contributed by atoms with Crippen molar-refractivity contribution in [2.45, 2.75) is 53.0 Å². The fraction of sp³-hybridized carbons (Fsp3) is 0.700. The summed E-state index contributed by atoms with van der Waals surface area (Å²) in [5, 5.41) is 0. The fourth-order valence-corrected chi connectivity index (χ4v) is 4.32. The van der Waals surface area contributed by atoms with E-state index >= 15 is 0 Å². The average Bonchev–Trinajstić information content (AvgIpc) is 2.90. The monoisotopic (exact) mass is 329 g/mol. The molecule has 0 N–H and O–H groups in total. The van der Waals surface area contributed by atoms with E-state index in [1.54, 1.807) is 0 Å². The molecule has 1 spiro atoms. The molecule has 132 valence electrons. The lowest BCUT2D eigenvalue weighted by Gasteiger charge is -2.40. The Balaban J connectivity index is 1.60. The Morgan fingerprint density at radius 3 is 2.83 bits per heavy atom. The molecule has 2 aliphatic rings. The van der Waals surface area contributed by atoms with Crippen LogP contribution in [0.5, 0.6) is 0 Å². The second-order valence-electron chi connectivity index (χ2n) is 8.25. The maximum Gasteiger partial charge on any atom is 0.222 e. The summed E-state index contributed by atoms with van der Waals surface area (Å²) in [4.78, 5) is 21.7. The first-order valence-electron chi connectivity index (χ1n) is 9.38. The van der Waals surface area contributed by atoms with E-state index in [1.807, 2.05) is 0 Å². The zero-order valence-corrected chi connectivity index (χ0v) is 15.4. The number of rotatable bonds is 4. The van der Waals surface area contributed by atoms with Crippen molar-refractivity contribution in [2.24, 2.45) is 11.3 Å². The number of amides is 1. The van der Waals surface area contributed by atoms with Gasteiger partial charge in [-0.25, -0.2) is 0 Å². The summed E-state index contributed by atoms with van der Waals surface area (Å²) in [6, 6.07) is 6.27. The quantitative estimate of drug-likeness (QED) is 0.851. The minimum atomic E-state index is 0.314. The number of carbonyl (C=O) groups is 1. The molecule has 1 atom stereocenters. The highest BCUT2D eigenvalue weighted by Crippen LogP contribution is 2.39. The van der Waals surface area contributed by atoms with E-state index in [4.69, 9.17) is 0 Å². The van der Waals surface area contributed by atoms with Crippen LogP contribution in [0.25, 0.3) is 0 Å². The molecule has 3 rings (SSSR count). The predicted octanol–water partition coefficient (Wildman–Crippen LogP) is 3.25. The van der Waals surface area contributed by atoms with Crippen molar-refractivity contribution in [3.63, 3.8) is 0 Å². The Kier molecular flexibility index (Phi) is 5.24. The molecule has 0 aliphatic carbocycles. The van der Waals surface area contributed by atoms with Gasteiger partial charge in [-0.3, -0.25) is 14.7 Å². The van der Waals surface area contributed by atoms with Crippen LogP contribution in [0, 0.1) is 18.3 Å². The van der Waals surface area contributed by atoms with E-state index < -0.39 is 0 Å². The van der Waals surface area contributed by atoms with Crippen molar-refractivity contribution in [3.05, 3.63) is 29.6 Å². The summed E-state index contributed by atoms with van der Waals surface area (Å²) in [6.45, 7) is 11.4. The highest BCUT2D eigenvalue weighted by molar-refractivity contribution is 5.76. The first-order valence-corrected chi connectivity index (χ1v) is 9.38. The SMILES string of the molecule is Cc1cccc(CN2CCC[C@]3(CCN(C(=O)CC(C)C)C3)C2)n1. The molecule has 2 saturated heterocycles. The number of piperidine rings is 1. The van der Waals surface area contributed by atoms with Crippen LogP contribution in [0.1, 0.15) is 50.9 Å². The first-order chi connectivity index (χ1) is 11.5. The van der Waals surface area contributed by atoms with E-state index in [0.717, 1.165) is 50.5 Å². The normalized spacial score (nSPS) is 24.9. The van der Waals surface area contributed by atoms with Gasteiger partial charge in [-0.05, 0) is 50.8 Å². The average molecular weight is 329 g/mol.